The van der Waals surface area contributed by atoms with Gasteiger partial charge >= 0.3 is 0 Å². The van der Waals surface area contributed by atoms with Crippen LogP contribution in [-0.2, 0) is 9.59 Å². The van der Waals surface area contributed by atoms with E-state index in [1.165, 1.54) is 19.0 Å². The maximum Gasteiger partial charge on any atom is 0.264 e. The zero-order chi connectivity index (χ0) is 88.1. The Morgan fingerprint density at radius 1 is 0.448 bits per heavy atom. The minimum atomic E-state index is -0.273. The summed E-state index contributed by atoms with van der Waals surface area (Å²) < 4.78 is 40.7. The number of benzene rings is 6. The second-order valence-electron chi connectivity index (χ2n) is 31.9. The summed E-state index contributed by atoms with van der Waals surface area (Å²) >= 11 is 18.8. The first-order valence-corrected chi connectivity index (χ1v) is 41.7. The molecule has 6 aromatic carbocycles. The van der Waals surface area contributed by atoms with Gasteiger partial charge in [0.1, 0.15) is 100 Å². The number of hydrogen-bond donors (Lipinski definition) is 3. The highest BCUT2D eigenvalue weighted by atomic mass is 35.5. The van der Waals surface area contributed by atoms with Gasteiger partial charge in [-0.15, -0.1) is 0 Å². The van der Waals surface area contributed by atoms with Gasteiger partial charge in [-0.25, -0.2) is 43.9 Å². The number of carbonyl (C=O) groups is 2. The van der Waals surface area contributed by atoms with Gasteiger partial charge in [-0.3, -0.25) is 14.6 Å². The van der Waals surface area contributed by atoms with E-state index in [9.17, 15) is 25.4 Å². The number of nitrogens with two attached hydrogens (primary N) is 3. The number of amides is 2. The van der Waals surface area contributed by atoms with Gasteiger partial charge in [0.2, 0.25) is 0 Å². The van der Waals surface area contributed by atoms with E-state index in [-0.39, 0.29) is 40.5 Å². The number of anilines is 3. The number of pyridine rings is 1. The molecule has 17 rings (SSSR count). The van der Waals surface area contributed by atoms with Crippen LogP contribution < -0.4 is 45.6 Å². The smallest absolute Gasteiger partial charge is 0.264 e. The molecule has 13 aromatic rings. The molecule has 7 aromatic heterocycles. The number of aryl methyl sites for hydroxylation is 3. The lowest BCUT2D eigenvalue weighted by Crippen LogP contribution is -2.40. The summed E-state index contributed by atoms with van der Waals surface area (Å²) in [4.78, 5) is 60.2. The van der Waals surface area contributed by atoms with Gasteiger partial charge in [-0.1, -0.05) is 92.0 Å². The maximum absolute atomic E-state index is 13.1. The van der Waals surface area contributed by atoms with Crippen LogP contribution in [0.2, 0.25) is 15.1 Å². The van der Waals surface area contributed by atoms with E-state index >= 15 is 0 Å². The number of allylic oxidation sites excluding steroid dienone is 4. The second-order valence-corrected chi connectivity index (χ2v) is 33.1. The first kappa shape index (κ1) is 85.8. The van der Waals surface area contributed by atoms with Crippen LogP contribution in [0, 0.1) is 72.0 Å². The van der Waals surface area contributed by atoms with Crippen LogP contribution >= 0.6 is 34.8 Å². The molecular weight excluding hydrogens is 1650 g/mol. The Morgan fingerprint density at radius 3 is 1.21 bits per heavy atom. The van der Waals surface area contributed by atoms with Crippen molar-refractivity contribution in [1.29, 1.82) is 15.8 Å². The molecule has 2 aliphatic carbocycles. The van der Waals surface area contributed by atoms with Gasteiger partial charge in [-0.2, -0.15) is 31.1 Å². The molecule has 0 radical (unpaired) electrons. The number of fused-ring (bicyclic) bond motifs is 3. The number of nitriles is 3. The third-order valence-electron chi connectivity index (χ3n) is 21.9. The van der Waals surface area contributed by atoms with Crippen molar-refractivity contribution in [2.75, 3.05) is 64.7 Å². The van der Waals surface area contributed by atoms with E-state index in [0.717, 1.165) is 59.1 Å². The number of aromatic nitrogens is 13. The van der Waals surface area contributed by atoms with Gasteiger partial charge in [0.15, 0.2) is 51.4 Å². The fourth-order valence-electron chi connectivity index (χ4n) is 14.8. The third-order valence-corrected chi connectivity index (χ3v) is 23.1. The quantitative estimate of drug-likeness (QED) is 0.0471. The van der Waals surface area contributed by atoms with Crippen molar-refractivity contribution in [3.63, 3.8) is 0 Å². The molecule has 0 atom stereocenters. The number of hydrogen-bond acceptors (Lipinski definition) is 24. The van der Waals surface area contributed by atoms with E-state index < -0.39 is 0 Å². The second kappa shape index (κ2) is 36.9. The van der Waals surface area contributed by atoms with Crippen LogP contribution in [0.15, 0.2) is 176 Å². The van der Waals surface area contributed by atoms with Gasteiger partial charge in [0.05, 0.1) is 66.5 Å². The molecule has 125 heavy (non-hydrogen) atoms. The van der Waals surface area contributed by atoms with Crippen LogP contribution in [0.25, 0.3) is 78.1 Å². The molecule has 32 heteroatoms. The zero-order valence-corrected chi connectivity index (χ0v) is 72.3. The molecule has 2 aliphatic heterocycles. The number of carbonyl (C=O) groups excluding carboxylic acids is 2. The number of ether oxygens (including phenoxy) is 6. The molecule has 2 saturated carbocycles. The molecule has 0 bridgehead atoms. The van der Waals surface area contributed by atoms with Crippen LogP contribution in [0.5, 0.6) is 51.7 Å². The van der Waals surface area contributed by atoms with E-state index in [0.29, 0.717) is 215 Å². The number of nitrogens with zero attached hydrogens (tertiary/aromatic N) is 18. The molecule has 2 saturated heterocycles. The fraction of sp³-hybridized carbons (Fsp3) is 0.280. The van der Waals surface area contributed by atoms with Crippen LogP contribution in [0.1, 0.15) is 107 Å². The Bertz CT molecular complexity index is 6590. The molecule has 634 valence electrons. The minimum absolute atomic E-state index is 0.00617. The Kier molecular flexibility index (Phi) is 25.3. The Morgan fingerprint density at radius 2 is 0.832 bits per heavy atom. The summed E-state index contributed by atoms with van der Waals surface area (Å²) in [6.07, 6.45) is 18.4. The Labute approximate surface area is 735 Å². The topological polar surface area (TPSA) is 389 Å². The van der Waals surface area contributed by atoms with Crippen molar-refractivity contribution in [3.8, 4) is 109 Å². The number of halogens is 3. The number of nitrogen functional groups attached to an aromatic ring is 3. The molecule has 2 amide bonds. The normalized spacial score (nSPS) is 14.6. The van der Waals surface area contributed by atoms with Crippen molar-refractivity contribution in [1.82, 2.24) is 74.0 Å². The summed E-state index contributed by atoms with van der Waals surface area (Å²) in [6, 6.07) is 43.2. The number of rotatable bonds is 20. The first-order valence-electron chi connectivity index (χ1n) is 40.6. The summed E-state index contributed by atoms with van der Waals surface area (Å²) in [7, 11) is 4.73. The fourth-order valence-corrected chi connectivity index (χ4v) is 15.3. The Balaban J connectivity index is 0.000000145. The number of likely N-dealkylation sites (tertiary alicyclic amines) is 2. The van der Waals surface area contributed by atoms with Crippen molar-refractivity contribution in [2.45, 2.75) is 105 Å². The summed E-state index contributed by atoms with van der Waals surface area (Å²) in [5.41, 5.74) is 29.8. The largest absolute Gasteiger partial charge is 0.493 e. The molecule has 0 spiro atoms. The average Bonchev–Trinajstić information content (AvgIpc) is 1.62. The molecular formula is C93H88Cl3N21O8. The number of methoxy groups -OCH3 is 3. The molecule has 29 nitrogen and oxygen atoms in total. The van der Waals surface area contributed by atoms with Gasteiger partial charge in [0, 0.05) is 64.1 Å². The Hall–Kier alpha value is -14.2. The molecule has 6 N–H and O–H groups in total. The number of piperidine rings is 2. The SMILES string of the molecule is COc1cc(-c2nn(-c3ccnc(/C(C#N)=C/C4CC4)c3)c3ncnc(N)c23)ccc1Oc1ccc(C)c(Cl)c1.COc1cc(-c2nn(C3CCN(C(=O)/C(C#N)=C/C(C)(C)C)CC3)c3ncnc(N)c23)ccc1Oc1ccc(C)c(Cl)c1.COc1cc(-c2nn(C3CCN(C(=O)/C(C#N)=C/C4CC4)CC3)c3ncnc(N)c23)ccc1Oc1ccc(C)c(Cl)c1. The summed E-state index contributed by atoms with van der Waals surface area (Å²) in [5.74, 6) is 6.18. The predicted octanol–water partition coefficient (Wildman–Crippen LogP) is 18.9. The van der Waals surface area contributed by atoms with Gasteiger partial charge < -0.3 is 55.4 Å². The highest BCUT2D eigenvalue weighted by Gasteiger charge is 2.34. The lowest BCUT2D eigenvalue weighted by molar-refractivity contribution is -0.128. The first-order chi connectivity index (χ1) is 60.3. The van der Waals surface area contributed by atoms with Crippen molar-refractivity contribution in [3.05, 3.63) is 213 Å². The lowest BCUT2D eigenvalue weighted by Gasteiger charge is -2.32. The maximum atomic E-state index is 13.1. The molecule has 0 unspecified atom stereocenters. The van der Waals surface area contributed by atoms with E-state index in [1.807, 2.05) is 160 Å². The summed E-state index contributed by atoms with van der Waals surface area (Å²) in [5, 5.41) is 47.4. The third kappa shape index (κ3) is 19.1. The lowest BCUT2D eigenvalue weighted by atomic mass is 9.93. The van der Waals surface area contributed by atoms with Crippen LogP contribution in [0.3, 0.4) is 0 Å². The average molecular weight is 1730 g/mol. The van der Waals surface area contributed by atoms with E-state index in [1.54, 1.807) is 72.3 Å². The standard InChI is InChI=1S/C32H34ClN7O3.C31H30ClN7O3.C30H24ClN7O2/c1-19-6-8-23(15-24(19)33)43-25-9-7-20(14-26(25)42-5)28-27-29(35)36-18-37-30(27)40(38-28)22-10-12-39(13-11-22)31(41)21(17-34)16-32(2,3)4;1-18-3-7-23(15-24(18)32)42-25-8-6-20(14-26(25)41-2)28-27-29(34)35-17-36-30(27)39(37-28)22-9-11-38(12-10-22)31(40)21(16-33)13-19-4-5-19;1-17-3-7-22(14-23(17)31)40-25-8-6-19(12-26(25)39-2)28-27-29(33)35-16-36-30(27)38(37-28)21-9-10-34-24(13-21)20(15-32)11-18-4-5-18/h6-9,14-16,18,22H,10-13H2,1-5H3,(H2,35,36,37);3,6-8,13-15,17,19,22H,4-5,9-12H2,1-2H3,(H2,34,35,36);3,6-14,16,18H,4-5H2,1-2H3,(H2,33,35,36)/b21-16+;21-13+;20-11+. The summed E-state index contributed by atoms with van der Waals surface area (Å²) in [6.45, 7) is 13.7. The van der Waals surface area contributed by atoms with Crippen LogP contribution in [-0.4, -0.2) is 133 Å². The zero-order valence-electron chi connectivity index (χ0n) is 70.1. The molecule has 4 aliphatic rings. The van der Waals surface area contributed by atoms with Crippen LogP contribution in [0.4, 0.5) is 17.5 Å². The van der Waals surface area contributed by atoms with Crippen molar-refractivity contribution < 1.29 is 38.0 Å². The molecule has 9 heterocycles. The minimum Gasteiger partial charge on any atom is -0.493 e. The molecule has 4 fully saturated rings. The highest BCUT2D eigenvalue weighted by Crippen LogP contribution is 2.46. The monoisotopic (exact) mass is 1730 g/mol. The van der Waals surface area contributed by atoms with Crippen molar-refractivity contribution in [2.24, 2.45) is 17.3 Å². The van der Waals surface area contributed by atoms with Gasteiger partial charge in [0.25, 0.3) is 11.8 Å². The van der Waals surface area contributed by atoms with E-state index in [4.69, 9.17) is 95.7 Å². The highest BCUT2D eigenvalue weighted by molar-refractivity contribution is 6.32. The van der Waals surface area contributed by atoms with Crippen molar-refractivity contribution >= 4 is 103 Å². The van der Waals surface area contributed by atoms with Gasteiger partial charge in [-0.05, 0) is 209 Å². The van der Waals surface area contributed by atoms with E-state index in [2.05, 4.69) is 53.1 Å². The predicted molar refractivity (Wildman–Crippen MR) is 479 cm³/mol.